The van der Waals surface area contributed by atoms with Crippen molar-refractivity contribution in [3.8, 4) is 11.1 Å². The normalized spacial score (nSPS) is 15.9. The molecule has 0 bridgehead atoms. The van der Waals surface area contributed by atoms with Crippen LogP contribution in [-0.2, 0) is 9.53 Å². The summed E-state index contributed by atoms with van der Waals surface area (Å²) >= 11 is 0. The molecule has 4 heterocycles. The standard InChI is InChI=1S/C34H26N4O4/c1-21(39)38-31-9-5-3-7-26(31)33(40)32(38)19-25-18-27(24-16-22-6-2-4-8-29(22)35-20-24)28-17-23(10-11-30(28)36-25)34(41)37-12-14-42-15-13-37/h2-11,16-20H,12-15H2,1H3/b32-19-. The van der Waals surface area contributed by atoms with Gasteiger partial charge in [-0.25, -0.2) is 4.98 Å². The largest absolute Gasteiger partial charge is 0.378 e. The lowest BCUT2D eigenvalue weighted by Gasteiger charge is -2.27. The molecule has 0 atom stereocenters. The molecule has 8 nitrogen and oxygen atoms in total. The van der Waals surface area contributed by atoms with Crippen molar-refractivity contribution in [1.29, 1.82) is 0 Å². The minimum Gasteiger partial charge on any atom is -0.378 e. The van der Waals surface area contributed by atoms with Crippen LogP contribution in [0.25, 0.3) is 39.0 Å². The second-order valence-electron chi connectivity index (χ2n) is 10.4. The fourth-order valence-electron chi connectivity index (χ4n) is 5.70. The van der Waals surface area contributed by atoms with Crippen molar-refractivity contribution in [2.75, 3.05) is 31.2 Å². The molecule has 0 radical (unpaired) electrons. The van der Waals surface area contributed by atoms with E-state index in [1.54, 1.807) is 41.3 Å². The summed E-state index contributed by atoms with van der Waals surface area (Å²) in [7, 11) is 0. The minimum absolute atomic E-state index is 0.0552. The van der Waals surface area contributed by atoms with E-state index in [1.165, 1.54) is 11.8 Å². The Morgan fingerprint density at radius 2 is 1.67 bits per heavy atom. The van der Waals surface area contributed by atoms with Crippen LogP contribution in [0.2, 0.25) is 0 Å². The first-order valence-corrected chi connectivity index (χ1v) is 13.8. The Hall–Kier alpha value is -5.21. The molecule has 0 spiro atoms. The number of morpholine rings is 1. The number of hydrogen-bond donors (Lipinski definition) is 0. The Kier molecular flexibility index (Phi) is 6.32. The van der Waals surface area contributed by atoms with E-state index in [2.05, 4.69) is 11.1 Å². The number of aromatic nitrogens is 2. The number of carbonyl (C=O) groups excluding carboxylic acids is 3. The highest BCUT2D eigenvalue weighted by molar-refractivity contribution is 6.26. The summed E-state index contributed by atoms with van der Waals surface area (Å²) in [6, 6.07) is 24.4. The zero-order valence-corrected chi connectivity index (χ0v) is 22.9. The molecule has 2 aliphatic heterocycles. The van der Waals surface area contributed by atoms with E-state index in [1.807, 2.05) is 48.7 Å². The molecule has 2 aliphatic rings. The number of rotatable bonds is 3. The number of hydrogen-bond acceptors (Lipinski definition) is 6. The minimum atomic E-state index is -0.259. The smallest absolute Gasteiger partial charge is 0.254 e. The van der Waals surface area contributed by atoms with Gasteiger partial charge in [0, 0.05) is 53.7 Å². The van der Waals surface area contributed by atoms with Gasteiger partial charge < -0.3 is 9.64 Å². The van der Waals surface area contributed by atoms with Crippen LogP contribution in [0.1, 0.15) is 33.3 Å². The van der Waals surface area contributed by atoms with Gasteiger partial charge in [-0.3, -0.25) is 24.3 Å². The second kappa shape index (κ2) is 10.3. The van der Waals surface area contributed by atoms with Crippen LogP contribution < -0.4 is 4.90 Å². The second-order valence-corrected chi connectivity index (χ2v) is 10.4. The van der Waals surface area contributed by atoms with Crippen molar-refractivity contribution < 1.29 is 19.1 Å². The average Bonchev–Trinajstić information content (AvgIpc) is 3.31. The van der Waals surface area contributed by atoms with Gasteiger partial charge in [-0.15, -0.1) is 0 Å². The first-order chi connectivity index (χ1) is 20.5. The van der Waals surface area contributed by atoms with Gasteiger partial charge in [-0.1, -0.05) is 30.3 Å². The molecule has 42 heavy (non-hydrogen) atoms. The van der Waals surface area contributed by atoms with Crippen molar-refractivity contribution in [3.63, 3.8) is 0 Å². The van der Waals surface area contributed by atoms with Crippen molar-refractivity contribution in [2.24, 2.45) is 0 Å². The van der Waals surface area contributed by atoms with Gasteiger partial charge in [0.25, 0.3) is 5.91 Å². The van der Waals surface area contributed by atoms with Crippen molar-refractivity contribution in [3.05, 3.63) is 108 Å². The zero-order chi connectivity index (χ0) is 28.8. The summed E-state index contributed by atoms with van der Waals surface area (Å²) in [5, 5.41) is 1.77. The number of para-hydroxylation sites is 2. The Labute approximate surface area is 241 Å². The Bertz CT molecular complexity index is 1960. The van der Waals surface area contributed by atoms with Crippen LogP contribution in [0, 0.1) is 0 Å². The van der Waals surface area contributed by atoms with Crippen molar-refractivity contribution >= 4 is 51.2 Å². The molecular weight excluding hydrogens is 528 g/mol. The number of ketones is 1. The van der Waals surface area contributed by atoms with Gasteiger partial charge in [-0.05, 0) is 60.2 Å². The fourth-order valence-corrected chi connectivity index (χ4v) is 5.70. The molecule has 0 N–H and O–H groups in total. The lowest BCUT2D eigenvalue weighted by molar-refractivity contribution is -0.116. The molecular formula is C34H26N4O4. The third kappa shape index (κ3) is 4.42. The average molecular weight is 555 g/mol. The van der Waals surface area contributed by atoms with Gasteiger partial charge in [0.2, 0.25) is 11.7 Å². The Balaban J connectivity index is 1.40. The molecule has 2 amide bonds. The fraction of sp³-hybridized carbons (Fsp3) is 0.147. The van der Waals surface area contributed by atoms with E-state index in [4.69, 9.17) is 9.72 Å². The van der Waals surface area contributed by atoms with E-state index < -0.39 is 0 Å². The highest BCUT2D eigenvalue weighted by Crippen LogP contribution is 2.37. The first kappa shape index (κ1) is 25.7. The number of amides is 2. The number of ether oxygens (including phenoxy) is 1. The number of anilines is 1. The quantitative estimate of drug-likeness (QED) is 0.273. The molecule has 1 saturated heterocycles. The molecule has 1 fully saturated rings. The third-order valence-electron chi connectivity index (χ3n) is 7.74. The monoisotopic (exact) mass is 554 g/mol. The van der Waals surface area contributed by atoms with Crippen molar-refractivity contribution in [2.45, 2.75) is 6.92 Å². The predicted molar refractivity (Wildman–Crippen MR) is 161 cm³/mol. The topological polar surface area (TPSA) is 92.7 Å². The van der Waals surface area contributed by atoms with Crippen molar-refractivity contribution in [1.82, 2.24) is 14.9 Å². The molecule has 5 aromatic rings. The van der Waals surface area contributed by atoms with Crippen LogP contribution in [0.4, 0.5) is 5.69 Å². The number of benzene rings is 3. The van der Waals surface area contributed by atoms with Gasteiger partial charge in [0.15, 0.2) is 0 Å². The summed E-state index contributed by atoms with van der Waals surface area (Å²) in [6.45, 7) is 3.58. The van der Waals surface area contributed by atoms with Gasteiger partial charge in [-0.2, -0.15) is 0 Å². The van der Waals surface area contributed by atoms with Gasteiger partial charge in [0.05, 0.1) is 41.3 Å². The lowest BCUT2D eigenvalue weighted by atomic mass is 9.98. The molecule has 3 aromatic carbocycles. The van der Waals surface area contributed by atoms with Crippen LogP contribution in [0.3, 0.4) is 0 Å². The zero-order valence-electron chi connectivity index (χ0n) is 22.9. The maximum atomic E-state index is 13.4. The highest BCUT2D eigenvalue weighted by atomic mass is 16.5. The van der Waals surface area contributed by atoms with E-state index >= 15 is 0 Å². The van der Waals surface area contributed by atoms with E-state index in [0.717, 1.165) is 27.4 Å². The number of carbonyl (C=O) groups is 3. The number of Topliss-reactive ketones (excluding diaryl/α,β-unsaturated/α-hetero) is 1. The van der Waals surface area contributed by atoms with Crippen LogP contribution >= 0.6 is 0 Å². The molecule has 7 rings (SSSR count). The molecule has 2 aromatic heterocycles. The van der Waals surface area contributed by atoms with E-state index in [9.17, 15) is 14.4 Å². The Morgan fingerprint density at radius 3 is 2.50 bits per heavy atom. The summed E-state index contributed by atoms with van der Waals surface area (Å²) < 4.78 is 5.42. The molecule has 0 unspecified atom stereocenters. The van der Waals surface area contributed by atoms with Crippen LogP contribution in [-0.4, -0.2) is 58.8 Å². The van der Waals surface area contributed by atoms with Gasteiger partial charge in [0.1, 0.15) is 0 Å². The van der Waals surface area contributed by atoms with Crippen LogP contribution in [0.5, 0.6) is 0 Å². The van der Waals surface area contributed by atoms with Gasteiger partial charge >= 0.3 is 0 Å². The maximum absolute atomic E-state index is 13.4. The number of nitrogens with zero attached hydrogens (tertiary/aromatic N) is 4. The highest BCUT2D eigenvalue weighted by Gasteiger charge is 2.34. The molecule has 8 heteroatoms. The molecule has 206 valence electrons. The predicted octanol–water partition coefficient (Wildman–Crippen LogP) is 5.51. The summed E-state index contributed by atoms with van der Waals surface area (Å²) in [5.74, 6) is -0.547. The van der Waals surface area contributed by atoms with E-state index in [0.29, 0.717) is 54.3 Å². The number of pyridine rings is 2. The lowest BCUT2D eigenvalue weighted by Crippen LogP contribution is -2.40. The summed E-state index contributed by atoms with van der Waals surface area (Å²) in [4.78, 5) is 52.2. The Morgan fingerprint density at radius 1 is 0.881 bits per heavy atom. The third-order valence-corrected chi connectivity index (χ3v) is 7.74. The van der Waals surface area contributed by atoms with Crippen LogP contribution in [0.15, 0.2) is 90.8 Å². The SMILES string of the molecule is CC(=O)N1/C(=C\c2cc(-c3cnc4ccccc4c3)c3cc(C(=O)N4CCOCC4)ccc3n2)C(=O)c2ccccc21. The summed E-state index contributed by atoms with van der Waals surface area (Å²) in [5.41, 5.74) is 5.56. The van der Waals surface area contributed by atoms with E-state index in [-0.39, 0.29) is 23.3 Å². The summed E-state index contributed by atoms with van der Waals surface area (Å²) in [6.07, 6.45) is 3.47. The first-order valence-electron chi connectivity index (χ1n) is 13.8. The number of allylic oxidation sites excluding steroid dienone is 1. The molecule has 0 saturated carbocycles. The molecule has 0 aliphatic carbocycles. The number of fused-ring (bicyclic) bond motifs is 3. The maximum Gasteiger partial charge on any atom is 0.254 e.